The second-order valence-electron chi connectivity index (χ2n) is 7.29. The Hall–Kier alpha value is -0.830. The number of rotatable bonds is 7. The number of hydrogen-bond acceptors (Lipinski definition) is 3. The van der Waals surface area contributed by atoms with E-state index in [2.05, 4.69) is 55.3 Å². The Morgan fingerprint density at radius 2 is 2.08 bits per heavy atom. The van der Waals surface area contributed by atoms with Crippen molar-refractivity contribution in [3.8, 4) is 0 Å². The standard InChI is InChI=1S/C19H36N6.HI/c1-7-20-19(21-12-17-9-10-25(8-2)13-17)22-14(3)11-18-15(4)23-24(6)16(18)5;/h14,17H,7-13H2,1-6H3,(H2,20,21,22);1H. The average molecular weight is 476 g/mol. The van der Waals surface area contributed by atoms with Gasteiger partial charge in [-0.15, -0.1) is 24.0 Å². The van der Waals surface area contributed by atoms with Crippen molar-refractivity contribution in [1.29, 1.82) is 0 Å². The highest BCUT2D eigenvalue weighted by molar-refractivity contribution is 14.0. The number of hydrogen-bond donors (Lipinski definition) is 2. The van der Waals surface area contributed by atoms with Crippen LogP contribution in [-0.2, 0) is 13.5 Å². The maximum absolute atomic E-state index is 4.84. The first-order valence-corrected chi connectivity index (χ1v) is 9.70. The van der Waals surface area contributed by atoms with Crippen LogP contribution in [0.4, 0.5) is 0 Å². The zero-order valence-electron chi connectivity index (χ0n) is 17.3. The van der Waals surface area contributed by atoms with Crippen molar-refractivity contribution in [1.82, 2.24) is 25.3 Å². The molecule has 1 aliphatic rings. The fourth-order valence-corrected chi connectivity index (χ4v) is 3.59. The number of nitrogens with zero attached hydrogens (tertiary/aromatic N) is 4. The molecule has 0 saturated carbocycles. The van der Waals surface area contributed by atoms with Gasteiger partial charge in [-0.25, -0.2) is 0 Å². The monoisotopic (exact) mass is 476 g/mol. The SMILES string of the molecule is CCNC(=NCC1CCN(CC)C1)NC(C)Cc1c(C)nn(C)c1C.I. The Kier molecular flexibility index (Phi) is 9.92. The molecule has 0 amide bonds. The van der Waals surface area contributed by atoms with Crippen LogP contribution in [0.5, 0.6) is 0 Å². The van der Waals surface area contributed by atoms with E-state index in [4.69, 9.17) is 4.99 Å². The van der Waals surface area contributed by atoms with Gasteiger partial charge in [-0.2, -0.15) is 5.10 Å². The van der Waals surface area contributed by atoms with Crippen molar-refractivity contribution >= 4 is 29.9 Å². The molecule has 6 nitrogen and oxygen atoms in total. The number of likely N-dealkylation sites (tertiary alicyclic amines) is 1. The first-order chi connectivity index (χ1) is 11.9. The maximum Gasteiger partial charge on any atom is 0.191 e. The highest BCUT2D eigenvalue weighted by atomic mass is 127. The second-order valence-corrected chi connectivity index (χ2v) is 7.29. The van der Waals surface area contributed by atoms with Gasteiger partial charge in [0.2, 0.25) is 0 Å². The van der Waals surface area contributed by atoms with Crippen molar-refractivity contribution < 1.29 is 0 Å². The van der Waals surface area contributed by atoms with E-state index in [9.17, 15) is 0 Å². The van der Waals surface area contributed by atoms with Gasteiger partial charge in [0.25, 0.3) is 0 Å². The summed E-state index contributed by atoms with van der Waals surface area (Å²) in [5.41, 5.74) is 3.72. The van der Waals surface area contributed by atoms with E-state index in [1.54, 1.807) is 0 Å². The van der Waals surface area contributed by atoms with Gasteiger partial charge < -0.3 is 15.5 Å². The molecule has 150 valence electrons. The summed E-state index contributed by atoms with van der Waals surface area (Å²) in [6.45, 7) is 16.1. The smallest absolute Gasteiger partial charge is 0.191 e. The number of halogens is 1. The van der Waals surface area contributed by atoms with E-state index in [1.165, 1.54) is 30.8 Å². The molecule has 2 N–H and O–H groups in total. The second kappa shape index (κ2) is 11.1. The minimum atomic E-state index is 0. The highest BCUT2D eigenvalue weighted by Gasteiger charge is 2.21. The summed E-state index contributed by atoms with van der Waals surface area (Å²) in [5, 5.41) is 11.5. The molecule has 0 spiro atoms. The number of aromatic nitrogens is 2. The third-order valence-electron chi connectivity index (χ3n) is 5.22. The van der Waals surface area contributed by atoms with Crippen molar-refractivity contribution in [2.24, 2.45) is 18.0 Å². The van der Waals surface area contributed by atoms with Crippen LogP contribution in [0.15, 0.2) is 4.99 Å². The molecule has 7 heteroatoms. The van der Waals surface area contributed by atoms with Crippen LogP contribution >= 0.6 is 24.0 Å². The lowest BCUT2D eigenvalue weighted by molar-refractivity contribution is 0.343. The van der Waals surface area contributed by atoms with Crippen LogP contribution in [0, 0.1) is 19.8 Å². The largest absolute Gasteiger partial charge is 0.357 e. The van der Waals surface area contributed by atoms with Gasteiger partial charge in [0.05, 0.1) is 5.69 Å². The van der Waals surface area contributed by atoms with Crippen molar-refractivity contribution in [2.75, 3.05) is 32.7 Å². The fourth-order valence-electron chi connectivity index (χ4n) is 3.59. The van der Waals surface area contributed by atoms with Crippen LogP contribution < -0.4 is 10.6 Å². The van der Waals surface area contributed by atoms with E-state index in [-0.39, 0.29) is 24.0 Å². The topological polar surface area (TPSA) is 57.5 Å². The Morgan fingerprint density at radius 1 is 1.35 bits per heavy atom. The number of aryl methyl sites for hydroxylation is 2. The van der Waals surface area contributed by atoms with Crippen LogP contribution in [0.1, 0.15) is 44.1 Å². The summed E-state index contributed by atoms with van der Waals surface area (Å²) in [7, 11) is 2.01. The predicted molar refractivity (Wildman–Crippen MR) is 121 cm³/mol. The van der Waals surface area contributed by atoms with E-state index in [1.807, 2.05) is 11.7 Å². The van der Waals surface area contributed by atoms with Crippen LogP contribution in [0.2, 0.25) is 0 Å². The minimum Gasteiger partial charge on any atom is -0.357 e. The summed E-state index contributed by atoms with van der Waals surface area (Å²) >= 11 is 0. The molecule has 0 bridgehead atoms. The third-order valence-corrected chi connectivity index (χ3v) is 5.22. The molecule has 1 saturated heterocycles. The van der Waals surface area contributed by atoms with Crippen molar-refractivity contribution in [2.45, 2.75) is 53.5 Å². The van der Waals surface area contributed by atoms with Gasteiger partial charge in [-0.1, -0.05) is 6.92 Å². The number of aliphatic imine (C=N–C) groups is 1. The van der Waals surface area contributed by atoms with Gasteiger partial charge in [-0.3, -0.25) is 9.67 Å². The van der Waals surface area contributed by atoms with Crippen LogP contribution in [0.25, 0.3) is 0 Å². The average Bonchev–Trinajstić information content (AvgIpc) is 3.13. The highest BCUT2D eigenvalue weighted by Crippen LogP contribution is 2.16. The lowest BCUT2D eigenvalue weighted by Gasteiger charge is -2.19. The Labute approximate surface area is 176 Å². The van der Waals surface area contributed by atoms with E-state index >= 15 is 0 Å². The number of guanidine groups is 1. The molecule has 1 aromatic rings. The van der Waals surface area contributed by atoms with E-state index in [0.29, 0.717) is 12.0 Å². The Morgan fingerprint density at radius 3 is 2.62 bits per heavy atom. The Bertz CT molecular complexity index is 583. The summed E-state index contributed by atoms with van der Waals surface area (Å²) in [4.78, 5) is 7.35. The molecule has 0 aliphatic carbocycles. The molecule has 1 aromatic heterocycles. The van der Waals surface area contributed by atoms with Crippen molar-refractivity contribution in [3.63, 3.8) is 0 Å². The molecule has 0 radical (unpaired) electrons. The maximum atomic E-state index is 4.84. The van der Waals surface area contributed by atoms with Crippen molar-refractivity contribution in [3.05, 3.63) is 17.0 Å². The lowest BCUT2D eigenvalue weighted by Crippen LogP contribution is -2.43. The zero-order valence-corrected chi connectivity index (χ0v) is 19.6. The van der Waals surface area contributed by atoms with Crippen LogP contribution in [0.3, 0.4) is 0 Å². The van der Waals surface area contributed by atoms with E-state index in [0.717, 1.165) is 37.7 Å². The summed E-state index contributed by atoms with van der Waals surface area (Å²) in [5.74, 6) is 1.62. The van der Waals surface area contributed by atoms with Gasteiger partial charge in [0.15, 0.2) is 5.96 Å². The normalized spacial score (nSPS) is 19.3. The van der Waals surface area contributed by atoms with Gasteiger partial charge >= 0.3 is 0 Å². The van der Waals surface area contributed by atoms with Gasteiger partial charge in [-0.05, 0) is 65.1 Å². The zero-order chi connectivity index (χ0) is 18.4. The molecule has 2 rings (SSSR count). The molecule has 1 fully saturated rings. The minimum absolute atomic E-state index is 0. The lowest BCUT2D eigenvalue weighted by atomic mass is 10.1. The first kappa shape index (κ1) is 23.2. The molecule has 2 atom stereocenters. The fraction of sp³-hybridized carbons (Fsp3) is 0.789. The quantitative estimate of drug-likeness (QED) is 0.361. The summed E-state index contributed by atoms with van der Waals surface area (Å²) in [6, 6.07) is 0.315. The molecular weight excluding hydrogens is 439 g/mol. The third kappa shape index (κ3) is 6.40. The van der Waals surface area contributed by atoms with Gasteiger partial charge in [0.1, 0.15) is 0 Å². The molecule has 2 heterocycles. The molecule has 0 aromatic carbocycles. The van der Waals surface area contributed by atoms with Crippen LogP contribution in [-0.4, -0.2) is 59.4 Å². The molecular formula is C19H37IN6. The van der Waals surface area contributed by atoms with Gasteiger partial charge in [0, 0.05) is 38.4 Å². The summed E-state index contributed by atoms with van der Waals surface area (Å²) < 4.78 is 1.97. The first-order valence-electron chi connectivity index (χ1n) is 9.70. The predicted octanol–water partition coefficient (Wildman–Crippen LogP) is 2.48. The summed E-state index contributed by atoms with van der Waals surface area (Å²) in [6.07, 6.45) is 2.23. The number of nitrogens with one attached hydrogen (secondary N) is 2. The molecule has 26 heavy (non-hydrogen) atoms. The molecule has 2 unspecified atom stereocenters. The van der Waals surface area contributed by atoms with E-state index < -0.39 is 0 Å². The molecule has 1 aliphatic heterocycles. The Balaban J connectivity index is 0.00000338.